The van der Waals surface area contributed by atoms with Crippen molar-refractivity contribution in [2.45, 2.75) is 33.2 Å². The van der Waals surface area contributed by atoms with Crippen molar-refractivity contribution >= 4 is 17.4 Å². The molecule has 0 aliphatic heterocycles. The van der Waals surface area contributed by atoms with Crippen LogP contribution in [0.2, 0.25) is 0 Å². The highest BCUT2D eigenvalue weighted by molar-refractivity contribution is 5.88. The van der Waals surface area contributed by atoms with E-state index in [9.17, 15) is 4.79 Å². The molecule has 0 spiro atoms. The Hall–Kier alpha value is -2.11. The van der Waals surface area contributed by atoms with Gasteiger partial charge in [0.2, 0.25) is 0 Å². The van der Waals surface area contributed by atoms with Crippen molar-refractivity contribution in [1.29, 1.82) is 0 Å². The number of aryl methyl sites for hydroxylation is 1. The van der Waals surface area contributed by atoms with Gasteiger partial charge in [0, 0.05) is 6.04 Å². The van der Waals surface area contributed by atoms with Crippen LogP contribution in [0.3, 0.4) is 0 Å². The molecule has 1 unspecified atom stereocenters. The number of carbonyl (C=O) groups is 1. The molecule has 0 radical (unpaired) electrons. The fourth-order valence-corrected chi connectivity index (χ4v) is 1.72. The van der Waals surface area contributed by atoms with Crippen molar-refractivity contribution in [3.05, 3.63) is 23.5 Å². The van der Waals surface area contributed by atoms with Crippen molar-refractivity contribution in [2.75, 3.05) is 5.32 Å². The van der Waals surface area contributed by atoms with E-state index in [1.165, 1.54) is 4.52 Å². The van der Waals surface area contributed by atoms with E-state index in [1.807, 2.05) is 6.92 Å². The molecular weight excluding hydrogens is 232 g/mol. The number of nitrogens with zero attached hydrogens (tertiary/aromatic N) is 3. The molecule has 2 rings (SSSR count). The first-order chi connectivity index (χ1) is 8.52. The Bertz CT molecular complexity index is 591. The van der Waals surface area contributed by atoms with Crippen LogP contribution in [-0.4, -0.2) is 31.7 Å². The molecule has 0 saturated heterocycles. The van der Waals surface area contributed by atoms with Gasteiger partial charge in [0.25, 0.3) is 0 Å². The minimum Gasteiger partial charge on any atom is -0.476 e. The van der Waals surface area contributed by atoms with Crippen LogP contribution in [0.25, 0.3) is 5.65 Å². The third-order valence-corrected chi connectivity index (χ3v) is 2.86. The molecule has 6 nitrogen and oxygen atoms in total. The van der Waals surface area contributed by atoms with Gasteiger partial charge in [0.1, 0.15) is 5.82 Å². The summed E-state index contributed by atoms with van der Waals surface area (Å²) in [4.78, 5) is 15.3. The third-order valence-electron chi connectivity index (χ3n) is 2.86. The number of imidazole rings is 1. The number of carboxylic acids is 1. The van der Waals surface area contributed by atoms with Crippen molar-refractivity contribution in [3.8, 4) is 0 Å². The summed E-state index contributed by atoms with van der Waals surface area (Å²) in [5, 5.41) is 16.6. The molecule has 0 aromatic carbocycles. The molecule has 96 valence electrons. The van der Waals surface area contributed by atoms with Crippen LogP contribution in [0.1, 0.15) is 36.5 Å². The Balaban J connectivity index is 2.49. The van der Waals surface area contributed by atoms with E-state index in [1.54, 1.807) is 19.1 Å². The second-order valence-electron chi connectivity index (χ2n) is 4.29. The maximum Gasteiger partial charge on any atom is 0.356 e. The minimum absolute atomic E-state index is 0.109. The molecular formula is C12H16N4O2. The first-order valence-electron chi connectivity index (χ1n) is 5.89. The fraction of sp³-hybridized carbons (Fsp3) is 0.417. The Kier molecular flexibility index (Phi) is 3.18. The monoisotopic (exact) mass is 248 g/mol. The molecule has 0 aliphatic rings. The lowest BCUT2D eigenvalue weighted by Gasteiger charge is -2.11. The summed E-state index contributed by atoms with van der Waals surface area (Å²) >= 11 is 0. The van der Waals surface area contributed by atoms with Gasteiger partial charge in [-0.05, 0) is 32.4 Å². The summed E-state index contributed by atoms with van der Waals surface area (Å²) in [5.41, 5.74) is 1.12. The SMILES string of the molecule is CCC(C)Nc1ccc2nc(C)c(C(=O)O)n2n1. The minimum atomic E-state index is -1.02. The van der Waals surface area contributed by atoms with E-state index in [4.69, 9.17) is 5.11 Å². The van der Waals surface area contributed by atoms with Crippen molar-refractivity contribution < 1.29 is 9.90 Å². The quantitative estimate of drug-likeness (QED) is 0.864. The summed E-state index contributed by atoms with van der Waals surface area (Å²) in [6.07, 6.45) is 0.967. The van der Waals surface area contributed by atoms with Crippen LogP contribution in [0.15, 0.2) is 12.1 Å². The highest BCUT2D eigenvalue weighted by atomic mass is 16.4. The lowest BCUT2D eigenvalue weighted by atomic mass is 10.2. The van der Waals surface area contributed by atoms with Crippen LogP contribution in [0.4, 0.5) is 5.82 Å². The molecule has 0 saturated carbocycles. The van der Waals surface area contributed by atoms with E-state index >= 15 is 0 Å². The average Bonchev–Trinajstić information content (AvgIpc) is 2.64. The van der Waals surface area contributed by atoms with Crippen LogP contribution in [0.5, 0.6) is 0 Å². The molecule has 6 heteroatoms. The number of carboxylic acid groups (broad SMARTS) is 1. The maximum absolute atomic E-state index is 11.2. The molecule has 2 aromatic rings. The highest BCUT2D eigenvalue weighted by Crippen LogP contribution is 2.14. The van der Waals surface area contributed by atoms with E-state index < -0.39 is 5.97 Å². The Morgan fingerprint density at radius 1 is 1.56 bits per heavy atom. The van der Waals surface area contributed by atoms with Gasteiger partial charge in [0.15, 0.2) is 11.3 Å². The standard InChI is InChI=1S/C12H16N4O2/c1-4-7(2)13-9-5-6-10-14-8(3)11(12(17)18)16(10)15-9/h5-7H,4H2,1-3H3,(H,13,15)(H,17,18). The average molecular weight is 248 g/mol. The molecule has 0 aliphatic carbocycles. The van der Waals surface area contributed by atoms with Gasteiger partial charge in [-0.2, -0.15) is 0 Å². The predicted octanol–water partition coefficient (Wildman–Crippen LogP) is 1.95. The molecule has 1 atom stereocenters. The second-order valence-corrected chi connectivity index (χ2v) is 4.29. The zero-order valence-corrected chi connectivity index (χ0v) is 10.6. The van der Waals surface area contributed by atoms with Crippen molar-refractivity contribution in [1.82, 2.24) is 14.6 Å². The van der Waals surface area contributed by atoms with E-state index in [0.717, 1.165) is 6.42 Å². The molecule has 0 bridgehead atoms. The topological polar surface area (TPSA) is 79.5 Å². The largest absolute Gasteiger partial charge is 0.476 e. The smallest absolute Gasteiger partial charge is 0.356 e. The highest BCUT2D eigenvalue weighted by Gasteiger charge is 2.16. The number of rotatable bonds is 4. The van der Waals surface area contributed by atoms with Gasteiger partial charge in [-0.15, -0.1) is 5.10 Å². The number of aromatic carboxylic acids is 1. The normalized spacial score (nSPS) is 12.6. The number of fused-ring (bicyclic) bond motifs is 1. The second kappa shape index (κ2) is 4.64. The number of anilines is 1. The Morgan fingerprint density at radius 3 is 2.89 bits per heavy atom. The van der Waals surface area contributed by atoms with Crippen LogP contribution >= 0.6 is 0 Å². The van der Waals surface area contributed by atoms with E-state index in [-0.39, 0.29) is 11.7 Å². The zero-order chi connectivity index (χ0) is 13.3. The molecule has 0 amide bonds. The van der Waals surface area contributed by atoms with Crippen molar-refractivity contribution in [2.24, 2.45) is 0 Å². The lowest BCUT2D eigenvalue weighted by Crippen LogP contribution is -2.16. The Morgan fingerprint density at radius 2 is 2.28 bits per heavy atom. The summed E-state index contributed by atoms with van der Waals surface area (Å²) in [7, 11) is 0. The van der Waals surface area contributed by atoms with Crippen LogP contribution < -0.4 is 5.32 Å². The number of nitrogens with one attached hydrogen (secondary N) is 1. The summed E-state index contributed by atoms with van der Waals surface area (Å²) < 4.78 is 1.36. The third kappa shape index (κ3) is 2.13. The molecule has 18 heavy (non-hydrogen) atoms. The van der Waals surface area contributed by atoms with E-state index in [0.29, 0.717) is 17.2 Å². The zero-order valence-electron chi connectivity index (χ0n) is 10.6. The molecule has 2 heterocycles. The summed E-state index contributed by atoms with van der Waals surface area (Å²) in [5.74, 6) is -0.370. The molecule has 2 aromatic heterocycles. The van der Waals surface area contributed by atoms with Gasteiger partial charge < -0.3 is 10.4 Å². The summed E-state index contributed by atoms with van der Waals surface area (Å²) in [6.45, 7) is 5.78. The van der Waals surface area contributed by atoms with Gasteiger partial charge >= 0.3 is 5.97 Å². The molecule has 2 N–H and O–H groups in total. The van der Waals surface area contributed by atoms with Crippen LogP contribution in [0, 0.1) is 6.92 Å². The van der Waals surface area contributed by atoms with Gasteiger partial charge in [-0.3, -0.25) is 0 Å². The first kappa shape index (κ1) is 12.3. The van der Waals surface area contributed by atoms with Crippen molar-refractivity contribution in [3.63, 3.8) is 0 Å². The fourth-order valence-electron chi connectivity index (χ4n) is 1.72. The maximum atomic E-state index is 11.2. The lowest BCUT2D eigenvalue weighted by molar-refractivity contribution is 0.0687. The van der Waals surface area contributed by atoms with Gasteiger partial charge in [-0.25, -0.2) is 14.3 Å². The number of hydrogen-bond donors (Lipinski definition) is 2. The predicted molar refractivity (Wildman–Crippen MR) is 68.1 cm³/mol. The first-order valence-corrected chi connectivity index (χ1v) is 5.89. The van der Waals surface area contributed by atoms with Crippen LogP contribution in [-0.2, 0) is 0 Å². The van der Waals surface area contributed by atoms with Gasteiger partial charge in [-0.1, -0.05) is 6.92 Å². The summed E-state index contributed by atoms with van der Waals surface area (Å²) in [6, 6.07) is 3.85. The van der Waals surface area contributed by atoms with E-state index in [2.05, 4.69) is 22.3 Å². The number of aromatic nitrogens is 3. The number of hydrogen-bond acceptors (Lipinski definition) is 4. The Labute approximate surface area is 105 Å². The van der Waals surface area contributed by atoms with Gasteiger partial charge in [0.05, 0.1) is 5.69 Å². The molecule has 0 fully saturated rings.